The molecule has 7 heteroatoms. The highest BCUT2D eigenvalue weighted by Gasteiger charge is 2.35. The van der Waals surface area contributed by atoms with E-state index in [1.165, 1.54) is 12.1 Å². The number of aliphatic carboxylic acids is 1. The lowest BCUT2D eigenvalue weighted by Gasteiger charge is -2.43. The van der Waals surface area contributed by atoms with Gasteiger partial charge in [-0.05, 0) is 24.3 Å². The monoisotopic (exact) mass is 385 g/mol. The molecule has 1 atom stereocenters. The molecule has 140 valence electrons. The summed E-state index contributed by atoms with van der Waals surface area (Å²) in [4.78, 5) is 20.6. The van der Waals surface area contributed by atoms with Crippen LogP contribution in [-0.2, 0) is 4.79 Å². The number of guanidine groups is 1. The molecule has 1 saturated heterocycles. The number of hydrogen-bond donors (Lipinski definition) is 1. The SMILES string of the molecule is O=C(O)CC1c2ccccc2N=C(N2CCSCC2)N1c1cccc(F)c1. The van der Waals surface area contributed by atoms with Crippen molar-refractivity contribution in [2.24, 2.45) is 4.99 Å². The summed E-state index contributed by atoms with van der Waals surface area (Å²) in [5, 5.41) is 9.55. The molecule has 0 aliphatic carbocycles. The van der Waals surface area contributed by atoms with E-state index < -0.39 is 12.0 Å². The maximum Gasteiger partial charge on any atom is 0.305 e. The van der Waals surface area contributed by atoms with Gasteiger partial charge in [0, 0.05) is 35.8 Å². The Morgan fingerprint density at radius 3 is 2.70 bits per heavy atom. The van der Waals surface area contributed by atoms with Gasteiger partial charge in [0.15, 0.2) is 0 Å². The highest BCUT2D eigenvalue weighted by molar-refractivity contribution is 7.99. The van der Waals surface area contributed by atoms with Crippen LogP contribution in [0.2, 0.25) is 0 Å². The molecule has 0 radical (unpaired) electrons. The molecule has 0 saturated carbocycles. The van der Waals surface area contributed by atoms with Gasteiger partial charge >= 0.3 is 5.97 Å². The van der Waals surface area contributed by atoms with Gasteiger partial charge in [0.05, 0.1) is 18.2 Å². The molecule has 2 aromatic carbocycles. The van der Waals surface area contributed by atoms with Crippen molar-refractivity contribution in [1.82, 2.24) is 4.90 Å². The van der Waals surface area contributed by atoms with Crippen LogP contribution in [0.3, 0.4) is 0 Å². The van der Waals surface area contributed by atoms with Gasteiger partial charge in [-0.3, -0.25) is 4.79 Å². The first kappa shape index (κ1) is 17.9. The van der Waals surface area contributed by atoms with E-state index in [4.69, 9.17) is 4.99 Å². The summed E-state index contributed by atoms with van der Waals surface area (Å²) in [7, 11) is 0. The third-order valence-electron chi connectivity index (χ3n) is 4.79. The fourth-order valence-electron chi connectivity index (χ4n) is 3.59. The predicted molar refractivity (Wildman–Crippen MR) is 106 cm³/mol. The lowest BCUT2D eigenvalue weighted by atomic mass is 9.97. The van der Waals surface area contributed by atoms with Crippen molar-refractivity contribution in [3.05, 3.63) is 59.9 Å². The maximum absolute atomic E-state index is 14.0. The average Bonchev–Trinajstić information content (AvgIpc) is 2.68. The second kappa shape index (κ2) is 7.60. The minimum Gasteiger partial charge on any atom is -0.481 e. The number of rotatable bonds is 3. The fourth-order valence-corrected chi connectivity index (χ4v) is 4.49. The Hall–Kier alpha value is -2.54. The van der Waals surface area contributed by atoms with Crippen LogP contribution in [0, 0.1) is 5.82 Å². The molecule has 0 amide bonds. The van der Waals surface area contributed by atoms with Crippen molar-refractivity contribution in [2.75, 3.05) is 29.5 Å². The zero-order chi connectivity index (χ0) is 18.8. The van der Waals surface area contributed by atoms with Crippen LogP contribution in [0.1, 0.15) is 18.0 Å². The summed E-state index contributed by atoms with van der Waals surface area (Å²) >= 11 is 1.89. The van der Waals surface area contributed by atoms with Gasteiger partial charge < -0.3 is 14.9 Å². The van der Waals surface area contributed by atoms with Crippen molar-refractivity contribution in [1.29, 1.82) is 0 Å². The topological polar surface area (TPSA) is 56.1 Å². The van der Waals surface area contributed by atoms with Crippen molar-refractivity contribution in [3.8, 4) is 0 Å². The molecule has 2 aromatic rings. The summed E-state index contributed by atoms with van der Waals surface area (Å²) in [6.07, 6.45) is -0.0882. The van der Waals surface area contributed by atoms with Gasteiger partial charge in [0.2, 0.25) is 5.96 Å². The third-order valence-corrected chi connectivity index (χ3v) is 5.73. The van der Waals surface area contributed by atoms with E-state index in [1.807, 2.05) is 40.9 Å². The Kier molecular flexibility index (Phi) is 5.03. The van der Waals surface area contributed by atoms with Crippen molar-refractivity contribution >= 4 is 35.1 Å². The van der Waals surface area contributed by atoms with E-state index in [0.29, 0.717) is 11.6 Å². The van der Waals surface area contributed by atoms with E-state index in [2.05, 4.69) is 4.90 Å². The molecule has 2 heterocycles. The van der Waals surface area contributed by atoms with Crippen molar-refractivity contribution < 1.29 is 14.3 Å². The predicted octanol–water partition coefficient (Wildman–Crippen LogP) is 3.90. The molecule has 1 unspecified atom stereocenters. The van der Waals surface area contributed by atoms with Crippen LogP contribution in [0.25, 0.3) is 0 Å². The number of para-hydroxylation sites is 1. The molecule has 5 nitrogen and oxygen atoms in total. The molecule has 2 aliphatic heterocycles. The molecule has 0 spiro atoms. The van der Waals surface area contributed by atoms with Gasteiger partial charge in [-0.1, -0.05) is 24.3 Å². The Morgan fingerprint density at radius 1 is 1.19 bits per heavy atom. The molecule has 2 aliphatic rings. The summed E-state index contributed by atoms with van der Waals surface area (Å²) in [6, 6.07) is 13.4. The smallest absolute Gasteiger partial charge is 0.305 e. The van der Waals surface area contributed by atoms with Crippen LogP contribution in [0.4, 0.5) is 15.8 Å². The Labute approximate surface area is 161 Å². The largest absolute Gasteiger partial charge is 0.481 e. The number of benzene rings is 2. The zero-order valence-electron chi connectivity index (χ0n) is 14.7. The number of thioether (sulfide) groups is 1. The number of carbonyl (C=O) groups is 1. The first-order chi connectivity index (χ1) is 13.1. The highest BCUT2D eigenvalue weighted by atomic mass is 32.2. The number of halogens is 1. The van der Waals surface area contributed by atoms with Gasteiger partial charge in [-0.25, -0.2) is 9.38 Å². The first-order valence-electron chi connectivity index (χ1n) is 8.90. The first-order valence-corrected chi connectivity index (χ1v) is 10.1. The molecule has 0 bridgehead atoms. The lowest BCUT2D eigenvalue weighted by Crippen LogP contribution is -2.51. The summed E-state index contributed by atoms with van der Waals surface area (Å²) in [5.74, 6) is 1.43. The molecular weight excluding hydrogens is 365 g/mol. The zero-order valence-corrected chi connectivity index (χ0v) is 15.5. The van der Waals surface area contributed by atoms with E-state index >= 15 is 0 Å². The molecule has 4 rings (SSSR count). The molecule has 1 fully saturated rings. The quantitative estimate of drug-likeness (QED) is 0.869. The van der Waals surface area contributed by atoms with Gasteiger partial charge in [0.1, 0.15) is 5.82 Å². The molecule has 1 N–H and O–H groups in total. The summed E-state index contributed by atoms with van der Waals surface area (Å²) in [5.41, 5.74) is 2.25. The lowest BCUT2D eigenvalue weighted by molar-refractivity contribution is -0.137. The standard InChI is InChI=1S/C20H20FN3O2S/c21-14-4-3-5-15(12-14)24-18(13-19(25)26)16-6-1-2-7-17(16)22-20(24)23-8-10-27-11-9-23/h1-7,12,18H,8-11,13H2,(H,25,26). The highest BCUT2D eigenvalue weighted by Crippen LogP contribution is 2.40. The number of carboxylic acid groups (broad SMARTS) is 1. The third kappa shape index (κ3) is 3.64. The minimum absolute atomic E-state index is 0.0882. The van der Waals surface area contributed by atoms with Crippen LogP contribution in [0.15, 0.2) is 53.5 Å². The van der Waals surface area contributed by atoms with Crippen molar-refractivity contribution in [2.45, 2.75) is 12.5 Å². The van der Waals surface area contributed by atoms with E-state index in [0.717, 1.165) is 35.8 Å². The van der Waals surface area contributed by atoms with Gasteiger partial charge in [-0.15, -0.1) is 0 Å². The van der Waals surface area contributed by atoms with Crippen molar-refractivity contribution in [3.63, 3.8) is 0 Å². The van der Waals surface area contributed by atoms with Crippen LogP contribution >= 0.6 is 11.8 Å². The van der Waals surface area contributed by atoms with Gasteiger partial charge in [-0.2, -0.15) is 11.8 Å². The normalized spacial score (nSPS) is 19.4. The Bertz CT molecular complexity index is 883. The number of nitrogens with zero attached hydrogens (tertiary/aromatic N) is 3. The Morgan fingerprint density at radius 2 is 1.96 bits per heavy atom. The second-order valence-corrected chi connectivity index (χ2v) is 7.76. The minimum atomic E-state index is -0.897. The summed E-state index contributed by atoms with van der Waals surface area (Å²) < 4.78 is 14.0. The van der Waals surface area contributed by atoms with Gasteiger partial charge in [0.25, 0.3) is 0 Å². The number of aliphatic imine (C=N–C) groups is 1. The second-order valence-electron chi connectivity index (χ2n) is 6.53. The number of carboxylic acids is 1. The maximum atomic E-state index is 14.0. The van der Waals surface area contributed by atoms with Crippen LogP contribution in [-0.4, -0.2) is 46.5 Å². The number of anilines is 1. The Balaban J connectivity index is 1.87. The summed E-state index contributed by atoms with van der Waals surface area (Å²) in [6.45, 7) is 1.66. The van der Waals surface area contributed by atoms with Crippen LogP contribution < -0.4 is 4.90 Å². The van der Waals surface area contributed by atoms with E-state index in [1.54, 1.807) is 12.1 Å². The van der Waals surface area contributed by atoms with Crippen LogP contribution in [0.5, 0.6) is 0 Å². The number of fused-ring (bicyclic) bond motifs is 1. The number of hydrogen-bond acceptors (Lipinski definition) is 5. The average molecular weight is 385 g/mol. The molecule has 0 aromatic heterocycles. The molecular formula is C20H20FN3O2S. The van der Waals surface area contributed by atoms with E-state index in [-0.39, 0.29) is 12.2 Å². The molecule has 27 heavy (non-hydrogen) atoms. The van der Waals surface area contributed by atoms with E-state index in [9.17, 15) is 14.3 Å². The fraction of sp³-hybridized carbons (Fsp3) is 0.300.